The molecule has 0 saturated heterocycles. The van der Waals surface area contributed by atoms with Crippen molar-refractivity contribution < 1.29 is 9.53 Å². The Morgan fingerprint density at radius 1 is 1.56 bits per heavy atom. The van der Waals surface area contributed by atoms with Crippen molar-refractivity contribution in [3.63, 3.8) is 0 Å². The van der Waals surface area contributed by atoms with Crippen molar-refractivity contribution in [3.8, 4) is 0 Å². The van der Waals surface area contributed by atoms with E-state index >= 15 is 0 Å². The summed E-state index contributed by atoms with van der Waals surface area (Å²) in [6.45, 7) is 7.59. The maximum atomic E-state index is 11.5. The van der Waals surface area contributed by atoms with E-state index in [9.17, 15) is 4.79 Å². The van der Waals surface area contributed by atoms with Crippen LogP contribution in [0.2, 0.25) is 0 Å². The van der Waals surface area contributed by atoms with Crippen molar-refractivity contribution in [3.05, 3.63) is 11.6 Å². The van der Waals surface area contributed by atoms with E-state index in [0.717, 1.165) is 12.8 Å². The monoisotopic (exact) mass is 226 g/mol. The van der Waals surface area contributed by atoms with Crippen LogP contribution in [0.1, 0.15) is 40.5 Å². The highest BCUT2D eigenvalue weighted by Gasteiger charge is 2.25. The third-order valence-corrected chi connectivity index (χ3v) is 2.50. The quantitative estimate of drug-likeness (QED) is 0.672. The smallest absolute Gasteiger partial charge is 0.407 e. The minimum absolute atomic E-state index is 0.0152. The summed E-state index contributed by atoms with van der Waals surface area (Å²) in [6.07, 6.45) is 3.35. The second kappa shape index (κ2) is 4.87. The molecule has 0 radical (unpaired) electrons. The third-order valence-electron chi connectivity index (χ3n) is 2.50. The van der Waals surface area contributed by atoms with Crippen LogP contribution < -0.4 is 11.1 Å². The lowest BCUT2D eigenvalue weighted by Crippen LogP contribution is -2.50. The zero-order valence-electron chi connectivity index (χ0n) is 10.5. The van der Waals surface area contributed by atoms with Crippen LogP contribution in [0.3, 0.4) is 0 Å². The van der Waals surface area contributed by atoms with Gasteiger partial charge in [-0.3, -0.25) is 0 Å². The van der Waals surface area contributed by atoms with E-state index in [0.29, 0.717) is 0 Å². The largest absolute Gasteiger partial charge is 0.444 e. The summed E-state index contributed by atoms with van der Waals surface area (Å²) in [5.74, 6) is 0. The van der Waals surface area contributed by atoms with E-state index in [-0.39, 0.29) is 18.2 Å². The summed E-state index contributed by atoms with van der Waals surface area (Å²) in [5.41, 5.74) is 6.79. The summed E-state index contributed by atoms with van der Waals surface area (Å²) in [4.78, 5) is 11.5. The van der Waals surface area contributed by atoms with Crippen LogP contribution in [0.25, 0.3) is 0 Å². The second-order valence-corrected chi connectivity index (χ2v) is 5.41. The molecule has 4 heteroatoms. The molecule has 0 bridgehead atoms. The predicted molar refractivity (Wildman–Crippen MR) is 64.1 cm³/mol. The molecule has 0 aromatic heterocycles. The molecule has 0 heterocycles. The van der Waals surface area contributed by atoms with Crippen molar-refractivity contribution in [2.75, 3.05) is 0 Å². The molecule has 0 fully saturated rings. The third kappa shape index (κ3) is 4.23. The number of rotatable bonds is 1. The van der Waals surface area contributed by atoms with Gasteiger partial charge in [0.15, 0.2) is 0 Å². The van der Waals surface area contributed by atoms with Crippen molar-refractivity contribution in [2.45, 2.75) is 58.2 Å². The zero-order chi connectivity index (χ0) is 12.3. The average molecular weight is 226 g/mol. The van der Waals surface area contributed by atoms with Gasteiger partial charge in [-0.25, -0.2) is 4.79 Å². The Balaban J connectivity index is 2.46. The number of carbonyl (C=O) groups excluding carboxylic acids is 1. The summed E-state index contributed by atoms with van der Waals surface area (Å²) in [6, 6.07) is -0.0314. The van der Waals surface area contributed by atoms with Gasteiger partial charge in [0.25, 0.3) is 0 Å². The molecular formula is C12H22N2O2. The van der Waals surface area contributed by atoms with E-state index in [4.69, 9.17) is 10.5 Å². The number of nitrogens with two attached hydrogens (primary N) is 1. The van der Waals surface area contributed by atoms with E-state index in [2.05, 4.69) is 18.3 Å². The minimum Gasteiger partial charge on any atom is -0.444 e. The van der Waals surface area contributed by atoms with Crippen LogP contribution in [0.15, 0.2) is 11.6 Å². The van der Waals surface area contributed by atoms with E-state index in [1.165, 1.54) is 5.57 Å². The van der Waals surface area contributed by atoms with E-state index < -0.39 is 5.60 Å². The fraction of sp³-hybridized carbons (Fsp3) is 0.750. The fourth-order valence-electron chi connectivity index (χ4n) is 1.73. The summed E-state index contributed by atoms with van der Waals surface area (Å²) in [7, 11) is 0. The topological polar surface area (TPSA) is 64.3 Å². The van der Waals surface area contributed by atoms with Crippen molar-refractivity contribution in [2.24, 2.45) is 5.73 Å². The molecule has 0 aromatic carbocycles. The molecule has 0 aromatic rings. The minimum atomic E-state index is -0.464. The Morgan fingerprint density at radius 2 is 2.19 bits per heavy atom. The maximum absolute atomic E-state index is 11.5. The van der Waals surface area contributed by atoms with Gasteiger partial charge >= 0.3 is 6.09 Å². The molecule has 1 rings (SSSR count). The van der Waals surface area contributed by atoms with Gasteiger partial charge in [0.1, 0.15) is 5.60 Å². The van der Waals surface area contributed by atoms with Gasteiger partial charge in [-0.1, -0.05) is 11.6 Å². The lowest BCUT2D eigenvalue weighted by molar-refractivity contribution is 0.0495. The van der Waals surface area contributed by atoms with Crippen LogP contribution in [0.4, 0.5) is 4.79 Å². The fourth-order valence-corrected chi connectivity index (χ4v) is 1.73. The second-order valence-electron chi connectivity index (χ2n) is 5.41. The molecule has 92 valence electrons. The molecule has 1 aliphatic carbocycles. The van der Waals surface area contributed by atoms with Crippen molar-refractivity contribution in [1.29, 1.82) is 0 Å². The van der Waals surface area contributed by atoms with Gasteiger partial charge in [-0.05, 0) is 40.5 Å². The van der Waals surface area contributed by atoms with Crippen LogP contribution >= 0.6 is 0 Å². The Labute approximate surface area is 97.2 Å². The highest BCUT2D eigenvalue weighted by molar-refractivity contribution is 5.68. The molecule has 0 saturated carbocycles. The first kappa shape index (κ1) is 13.0. The number of hydrogen-bond acceptors (Lipinski definition) is 3. The number of ether oxygens (including phenoxy) is 1. The highest BCUT2D eigenvalue weighted by Crippen LogP contribution is 2.17. The normalized spacial score (nSPS) is 25.9. The van der Waals surface area contributed by atoms with Crippen molar-refractivity contribution in [1.82, 2.24) is 5.32 Å². The Bertz CT molecular complexity index is 292. The van der Waals surface area contributed by atoms with Gasteiger partial charge in [-0.15, -0.1) is 0 Å². The SMILES string of the molecule is CC1=CC[C@H](NC(=O)OC(C)(C)C)[C@@H](N)C1. The average Bonchev–Trinajstić information content (AvgIpc) is 2.06. The Morgan fingerprint density at radius 3 is 2.69 bits per heavy atom. The maximum Gasteiger partial charge on any atom is 0.407 e. The highest BCUT2D eigenvalue weighted by atomic mass is 16.6. The zero-order valence-corrected chi connectivity index (χ0v) is 10.5. The predicted octanol–water partition coefficient (Wildman–Crippen LogP) is 1.95. The number of alkyl carbamates (subject to hydrolysis) is 1. The standard InChI is InChI=1S/C12H22N2O2/c1-8-5-6-10(9(13)7-8)14-11(15)16-12(2,3)4/h5,9-10H,6-7,13H2,1-4H3,(H,14,15)/t9-,10-/m0/s1. The van der Waals surface area contributed by atoms with Gasteiger partial charge in [-0.2, -0.15) is 0 Å². The van der Waals surface area contributed by atoms with Crippen LogP contribution in [0, 0.1) is 0 Å². The molecule has 16 heavy (non-hydrogen) atoms. The van der Waals surface area contributed by atoms with Gasteiger partial charge < -0.3 is 15.8 Å². The molecule has 0 spiro atoms. The lowest BCUT2D eigenvalue weighted by Gasteiger charge is -2.29. The number of nitrogens with one attached hydrogen (secondary N) is 1. The van der Waals surface area contributed by atoms with Crippen LogP contribution in [-0.4, -0.2) is 23.8 Å². The number of hydrogen-bond donors (Lipinski definition) is 2. The Hall–Kier alpha value is -1.03. The molecule has 0 aliphatic heterocycles. The van der Waals surface area contributed by atoms with Crippen molar-refractivity contribution >= 4 is 6.09 Å². The van der Waals surface area contributed by atoms with E-state index in [1.807, 2.05) is 20.8 Å². The van der Waals surface area contributed by atoms with Crippen LogP contribution in [-0.2, 0) is 4.74 Å². The number of amides is 1. The molecule has 2 atom stereocenters. The van der Waals surface area contributed by atoms with Gasteiger partial charge in [0, 0.05) is 6.04 Å². The summed E-state index contributed by atoms with van der Waals surface area (Å²) in [5, 5.41) is 2.81. The molecule has 3 N–H and O–H groups in total. The first-order valence-electron chi connectivity index (χ1n) is 5.68. The molecule has 1 amide bonds. The molecule has 1 aliphatic rings. The lowest BCUT2D eigenvalue weighted by atomic mass is 9.92. The number of carbonyl (C=O) groups is 1. The Kier molecular flexibility index (Phi) is 3.97. The first-order valence-corrected chi connectivity index (χ1v) is 5.68. The molecule has 4 nitrogen and oxygen atoms in total. The summed E-state index contributed by atoms with van der Waals surface area (Å²) >= 11 is 0. The molecule has 0 unspecified atom stereocenters. The molecular weight excluding hydrogens is 204 g/mol. The van der Waals surface area contributed by atoms with Crippen LogP contribution in [0.5, 0.6) is 0 Å². The van der Waals surface area contributed by atoms with Gasteiger partial charge in [0.2, 0.25) is 0 Å². The van der Waals surface area contributed by atoms with Gasteiger partial charge in [0.05, 0.1) is 6.04 Å². The first-order chi connectivity index (χ1) is 7.28. The summed E-state index contributed by atoms with van der Waals surface area (Å²) < 4.78 is 5.19. The van der Waals surface area contributed by atoms with E-state index in [1.54, 1.807) is 0 Å².